The van der Waals surface area contributed by atoms with E-state index in [0.29, 0.717) is 5.96 Å². The maximum atomic E-state index is 10.9. The lowest BCUT2D eigenvalue weighted by atomic mass is 10.1. The number of amides is 1. The molecule has 21 heavy (non-hydrogen) atoms. The van der Waals surface area contributed by atoms with Crippen molar-refractivity contribution in [2.45, 2.75) is 33.1 Å². The van der Waals surface area contributed by atoms with Crippen LogP contribution in [0, 0.1) is 0 Å². The average molecular weight is 404 g/mol. The van der Waals surface area contributed by atoms with Crippen LogP contribution in [0.25, 0.3) is 0 Å². The quantitative estimate of drug-likeness (QED) is 0.283. The van der Waals surface area contributed by atoms with Gasteiger partial charge in [0.25, 0.3) is 0 Å². The third-order valence-electron chi connectivity index (χ3n) is 2.79. The van der Waals surface area contributed by atoms with Gasteiger partial charge in [0, 0.05) is 25.7 Å². The van der Waals surface area contributed by atoms with Crippen molar-refractivity contribution in [2.24, 2.45) is 10.7 Å². The Bertz CT molecular complexity index is 445. The number of nitrogens with one attached hydrogen (secondary N) is 2. The van der Waals surface area contributed by atoms with Crippen LogP contribution < -0.4 is 16.4 Å². The van der Waals surface area contributed by atoms with E-state index in [1.807, 2.05) is 24.3 Å². The molecule has 0 saturated heterocycles. The van der Waals surface area contributed by atoms with Gasteiger partial charge in [-0.05, 0) is 30.5 Å². The van der Waals surface area contributed by atoms with Crippen molar-refractivity contribution >= 4 is 41.5 Å². The molecule has 0 fully saturated rings. The summed E-state index contributed by atoms with van der Waals surface area (Å²) in [5, 5.41) is 5.84. The Hall–Kier alpha value is -1.31. The van der Waals surface area contributed by atoms with Crippen LogP contribution in [0.5, 0.6) is 0 Å². The summed E-state index contributed by atoms with van der Waals surface area (Å²) >= 11 is 0. The highest BCUT2D eigenvalue weighted by Crippen LogP contribution is 2.09. The highest BCUT2D eigenvalue weighted by molar-refractivity contribution is 14.0. The Labute approximate surface area is 143 Å². The standard InChI is InChI=1S/C15H24N4O.HI/c1-3-4-10-17-15(16)18-11-9-13-5-7-14(8-6-13)19-12(2)20;/h5-8H,3-4,9-11H2,1-2H3,(H,19,20)(H3,16,17,18);1H. The van der Waals surface area contributed by atoms with Crippen molar-refractivity contribution in [1.82, 2.24) is 5.32 Å². The number of anilines is 1. The lowest BCUT2D eigenvalue weighted by molar-refractivity contribution is -0.114. The van der Waals surface area contributed by atoms with Gasteiger partial charge < -0.3 is 16.4 Å². The molecule has 6 heteroatoms. The van der Waals surface area contributed by atoms with Crippen molar-refractivity contribution in [3.63, 3.8) is 0 Å². The molecule has 0 aliphatic carbocycles. The molecule has 5 nitrogen and oxygen atoms in total. The molecular weight excluding hydrogens is 379 g/mol. The number of unbranched alkanes of at least 4 members (excludes halogenated alkanes) is 1. The highest BCUT2D eigenvalue weighted by Gasteiger charge is 1.97. The van der Waals surface area contributed by atoms with Crippen molar-refractivity contribution in [2.75, 3.05) is 18.4 Å². The molecule has 0 unspecified atom stereocenters. The minimum absolute atomic E-state index is 0. The number of hydrogen-bond donors (Lipinski definition) is 3. The number of aliphatic imine (C=N–C) groups is 1. The normalized spacial score (nSPS) is 10.7. The van der Waals surface area contributed by atoms with Crippen LogP contribution in [0.4, 0.5) is 5.69 Å². The predicted molar refractivity (Wildman–Crippen MR) is 99.3 cm³/mol. The number of nitrogens with zero attached hydrogens (tertiary/aromatic N) is 1. The van der Waals surface area contributed by atoms with Crippen molar-refractivity contribution < 1.29 is 4.79 Å². The zero-order chi connectivity index (χ0) is 14.8. The van der Waals surface area contributed by atoms with E-state index in [9.17, 15) is 4.79 Å². The lowest BCUT2D eigenvalue weighted by Gasteiger charge is -2.07. The number of nitrogens with two attached hydrogens (primary N) is 1. The van der Waals surface area contributed by atoms with Crippen molar-refractivity contribution in [3.8, 4) is 0 Å². The predicted octanol–water partition coefficient (Wildman–Crippen LogP) is 2.51. The molecule has 118 valence electrons. The van der Waals surface area contributed by atoms with E-state index < -0.39 is 0 Å². The fourth-order valence-corrected chi connectivity index (χ4v) is 1.71. The molecule has 0 aliphatic rings. The number of halogens is 1. The maximum absolute atomic E-state index is 10.9. The molecule has 1 aromatic rings. The minimum atomic E-state index is -0.0597. The van der Waals surface area contributed by atoms with E-state index in [1.165, 1.54) is 12.5 Å². The van der Waals surface area contributed by atoms with Gasteiger partial charge in [-0.3, -0.25) is 9.79 Å². The Morgan fingerprint density at radius 3 is 2.52 bits per heavy atom. The molecule has 0 atom stereocenters. The zero-order valence-corrected chi connectivity index (χ0v) is 15.0. The smallest absolute Gasteiger partial charge is 0.221 e. The van der Waals surface area contributed by atoms with Crippen molar-refractivity contribution in [1.29, 1.82) is 0 Å². The summed E-state index contributed by atoms with van der Waals surface area (Å²) < 4.78 is 0. The second-order valence-electron chi connectivity index (χ2n) is 4.68. The van der Waals surface area contributed by atoms with Gasteiger partial charge in [-0.2, -0.15) is 0 Å². The van der Waals surface area contributed by atoms with Gasteiger partial charge in [0.15, 0.2) is 5.96 Å². The number of benzene rings is 1. The SMILES string of the molecule is CCCCN=C(N)NCCc1ccc(NC(C)=O)cc1.I. The molecule has 0 aliphatic heterocycles. The molecule has 1 aromatic carbocycles. The monoisotopic (exact) mass is 404 g/mol. The third-order valence-corrected chi connectivity index (χ3v) is 2.79. The summed E-state index contributed by atoms with van der Waals surface area (Å²) in [6, 6.07) is 7.79. The average Bonchev–Trinajstić information content (AvgIpc) is 2.40. The van der Waals surface area contributed by atoms with E-state index >= 15 is 0 Å². The topological polar surface area (TPSA) is 79.5 Å². The van der Waals surface area contributed by atoms with E-state index in [2.05, 4.69) is 22.5 Å². The van der Waals surface area contributed by atoms with E-state index in [-0.39, 0.29) is 29.9 Å². The van der Waals surface area contributed by atoms with Crippen LogP contribution in [-0.2, 0) is 11.2 Å². The van der Waals surface area contributed by atoms with Crippen LogP contribution >= 0.6 is 24.0 Å². The van der Waals surface area contributed by atoms with Gasteiger partial charge in [0.1, 0.15) is 0 Å². The maximum Gasteiger partial charge on any atom is 0.221 e. The van der Waals surface area contributed by atoms with Crippen LogP contribution in [0.15, 0.2) is 29.3 Å². The fraction of sp³-hybridized carbons (Fsp3) is 0.467. The summed E-state index contributed by atoms with van der Waals surface area (Å²) in [5.41, 5.74) is 7.75. The van der Waals surface area contributed by atoms with Crippen LogP contribution in [0.1, 0.15) is 32.3 Å². The number of carbonyl (C=O) groups is 1. The van der Waals surface area contributed by atoms with Gasteiger partial charge in [-0.15, -0.1) is 24.0 Å². The van der Waals surface area contributed by atoms with Gasteiger partial charge in [-0.1, -0.05) is 25.5 Å². The molecule has 0 heterocycles. The zero-order valence-electron chi connectivity index (χ0n) is 12.7. The molecule has 0 aromatic heterocycles. The Kier molecular flexibility index (Phi) is 10.7. The van der Waals surface area contributed by atoms with E-state index in [4.69, 9.17) is 5.73 Å². The number of guanidine groups is 1. The van der Waals surface area contributed by atoms with Gasteiger partial charge in [0.2, 0.25) is 5.91 Å². The first-order chi connectivity index (χ1) is 9.61. The summed E-state index contributed by atoms with van der Waals surface area (Å²) in [4.78, 5) is 15.1. The second-order valence-corrected chi connectivity index (χ2v) is 4.68. The molecule has 4 N–H and O–H groups in total. The highest BCUT2D eigenvalue weighted by atomic mass is 127. The molecule has 0 spiro atoms. The number of hydrogen-bond acceptors (Lipinski definition) is 2. The Morgan fingerprint density at radius 2 is 1.95 bits per heavy atom. The summed E-state index contributed by atoms with van der Waals surface area (Å²) in [6.45, 7) is 5.16. The molecule has 1 amide bonds. The van der Waals surface area contributed by atoms with E-state index in [1.54, 1.807) is 0 Å². The Morgan fingerprint density at radius 1 is 1.29 bits per heavy atom. The molecule has 1 rings (SSSR count). The van der Waals surface area contributed by atoms with Gasteiger partial charge >= 0.3 is 0 Å². The minimum Gasteiger partial charge on any atom is -0.370 e. The fourth-order valence-electron chi connectivity index (χ4n) is 1.71. The lowest BCUT2D eigenvalue weighted by Crippen LogP contribution is -2.33. The summed E-state index contributed by atoms with van der Waals surface area (Å²) in [6.07, 6.45) is 3.05. The second kappa shape index (κ2) is 11.4. The molecule has 0 bridgehead atoms. The first-order valence-electron chi connectivity index (χ1n) is 7.02. The summed E-state index contributed by atoms with van der Waals surface area (Å²) in [7, 11) is 0. The molecular formula is C15H25IN4O. The summed E-state index contributed by atoms with van der Waals surface area (Å²) in [5.74, 6) is 0.448. The molecule has 0 radical (unpaired) electrons. The number of carbonyl (C=O) groups excluding carboxylic acids is 1. The van der Waals surface area contributed by atoms with Crippen molar-refractivity contribution in [3.05, 3.63) is 29.8 Å². The van der Waals surface area contributed by atoms with Gasteiger partial charge in [0.05, 0.1) is 0 Å². The largest absolute Gasteiger partial charge is 0.370 e. The van der Waals surface area contributed by atoms with Crippen LogP contribution in [0.3, 0.4) is 0 Å². The first kappa shape index (κ1) is 19.7. The first-order valence-corrected chi connectivity index (χ1v) is 7.02. The Balaban J connectivity index is 0.00000400. The van der Waals surface area contributed by atoms with Crippen LogP contribution in [0.2, 0.25) is 0 Å². The number of rotatable bonds is 7. The molecule has 0 saturated carbocycles. The third kappa shape index (κ3) is 9.28. The van der Waals surface area contributed by atoms with Crippen LogP contribution in [-0.4, -0.2) is 25.0 Å². The van der Waals surface area contributed by atoms with E-state index in [0.717, 1.165) is 38.0 Å². The van der Waals surface area contributed by atoms with Gasteiger partial charge in [-0.25, -0.2) is 0 Å².